The molecule has 0 aromatic carbocycles. The Morgan fingerprint density at radius 2 is 1.87 bits per heavy atom. The van der Waals surface area contributed by atoms with Gasteiger partial charge in [0.1, 0.15) is 0 Å². The van der Waals surface area contributed by atoms with Crippen molar-refractivity contribution >= 4 is 5.95 Å². The van der Waals surface area contributed by atoms with E-state index in [2.05, 4.69) is 36.1 Å². The highest BCUT2D eigenvalue weighted by atomic mass is 15.1. The summed E-state index contributed by atoms with van der Waals surface area (Å²) in [7, 11) is 0. The average Bonchev–Trinajstić information content (AvgIpc) is 2.17. The van der Waals surface area contributed by atoms with E-state index in [1.54, 1.807) is 0 Å². The van der Waals surface area contributed by atoms with Crippen LogP contribution in [-0.2, 0) is 5.41 Å². The Bertz CT molecular complexity index is 299. The first kappa shape index (κ1) is 11.9. The number of anilines is 1. The Balaban J connectivity index is 2.73. The van der Waals surface area contributed by atoms with Gasteiger partial charge in [0.2, 0.25) is 5.95 Å². The van der Waals surface area contributed by atoms with Crippen LogP contribution in [0, 0.1) is 0 Å². The summed E-state index contributed by atoms with van der Waals surface area (Å²) in [6, 6.07) is 0.200. The molecule has 0 fully saturated rings. The van der Waals surface area contributed by atoms with Crippen molar-refractivity contribution in [3.63, 3.8) is 0 Å². The molecule has 0 aliphatic rings. The summed E-state index contributed by atoms with van der Waals surface area (Å²) in [4.78, 5) is 8.51. The second-order valence-corrected chi connectivity index (χ2v) is 4.83. The van der Waals surface area contributed by atoms with E-state index < -0.39 is 0 Å². The molecule has 1 aromatic rings. The van der Waals surface area contributed by atoms with Crippen LogP contribution in [0.3, 0.4) is 0 Å². The van der Waals surface area contributed by atoms with Crippen LogP contribution in [0.25, 0.3) is 0 Å². The van der Waals surface area contributed by atoms with E-state index in [1.165, 1.54) is 0 Å². The second-order valence-electron chi connectivity index (χ2n) is 4.83. The maximum Gasteiger partial charge on any atom is 0.222 e. The maximum absolute atomic E-state index is 5.50. The van der Waals surface area contributed by atoms with Crippen molar-refractivity contribution in [3.8, 4) is 0 Å². The van der Waals surface area contributed by atoms with E-state index in [1.807, 2.05) is 19.3 Å². The first-order valence-electron chi connectivity index (χ1n) is 5.22. The number of hydrogen-bond acceptors (Lipinski definition) is 4. The minimum atomic E-state index is 0.0953. The Morgan fingerprint density at radius 3 is 2.27 bits per heavy atom. The van der Waals surface area contributed by atoms with Crippen molar-refractivity contribution in [3.05, 3.63) is 18.0 Å². The molecule has 0 bridgehead atoms. The van der Waals surface area contributed by atoms with E-state index in [9.17, 15) is 0 Å². The highest BCUT2D eigenvalue weighted by molar-refractivity contribution is 5.28. The van der Waals surface area contributed by atoms with E-state index >= 15 is 0 Å². The fraction of sp³-hybridized carbons (Fsp3) is 0.636. The molecule has 1 heterocycles. The van der Waals surface area contributed by atoms with E-state index in [4.69, 9.17) is 5.73 Å². The van der Waals surface area contributed by atoms with Crippen molar-refractivity contribution in [1.29, 1.82) is 0 Å². The van der Waals surface area contributed by atoms with Crippen LogP contribution in [0.1, 0.15) is 33.3 Å². The molecule has 1 aromatic heterocycles. The molecule has 1 atom stereocenters. The molecule has 0 amide bonds. The second kappa shape index (κ2) is 4.57. The lowest BCUT2D eigenvalue weighted by Gasteiger charge is -2.18. The fourth-order valence-electron chi connectivity index (χ4n) is 1.07. The molecule has 0 aliphatic carbocycles. The number of nitrogens with zero attached hydrogens (tertiary/aromatic N) is 2. The zero-order chi connectivity index (χ0) is 11.5. The predicted molar refractivity (Wildman–Crippen MR) is 62.9 cm³/mol. The molecule has 4 heteroatoms. The van der Waals surface area contributed by atoms with Gasteiger partial charge in [-0.1, -0.05) is 20.8 Å². The lowest BCUT2D eigenvalue weighted by atomic mass is 9.89. The standard InChI is InChI=1S/C11H20N4/c1-8(5-12)15-10-13-6-9(7-14-10)11(2,3)4/h6-8H,5,12H2,1-4H3,(H,13,14,15). The summed E-state index contributed by atoms with van der Waals surface area (Å²) in [6.45, 7) is 9.00. The van der Waals surface area contributed by atoms with Gasteiger partial charge in [0, 0.05) is 25.0 Å². The minimum Gasteiger partial charge on any atom is -0.351 e. The van der Waals surface area contributed by atoms with Crippen LogP contribution in [0.15, 0.2) is 12.4 Å². The number of nitrogens with one attached hydrogen (secondary N) is 1. The lowest BCUT2D eigenvalue weighted by Crippen LogP contribution is -2.26. The molecule has 1 rings (SSSR count). The molecular weight excluding hydrogens is 188 g/mol. The van der Waals surface area contributed by atoms with Crippen molar-refractivity contribution in [1.82, 2.24) is 9.97 Å². The minimum absolute atomic E-state index is 0.0953. The summed E-state index contributed by atoms with van der Waals surface area (Å²) >= 11 is 0. The number of aromatic nitrogens is 2. The third-order valence-corrected chi connectivity index (χ3v) is 2.25. The molecule has 1 unspecified atom stereocenters. The highest BCUT2D eigenvalue weighted by Crippen LogP contribution is 2.20. The SMILES string of the molecule is CC(CN)Nc1ncc(C(C)(C)C)cn1. The predicted octanol–water partition coefficient (Wildman–Crippen LogP) is 1.53. The highest BCUT2D eigenvalue weighted by Gasteiger charge is 2.14. The molecule has 0 saturated carbocycles. The number of nitrogens with two attached hydrogens (primary N) is 1. The van der Waals surface area contributed by atoms with E-state index in [0.29, 0.717) is 12.5 Å². The molecule has 84 valence electrons. The summed E-state index contributed by atoms with van der Waals surface area (Å²) in [5.41, 5.74) is 6.73. The van der Waals surface area contributed by atoms with Crippen LogP contribution < -0.4 is 11.1 Å². The van der Waals surface area contributed by atoms with Gasteiger partial charge in [-0.15, -0.1) is 0 Å². The average molecular weight is 208 g/mol. The number of hydrogen-bond donors (Lipinski definition) is 2. The topological polar surface area (TPSA) is 63.8 Å². The molecule has 0 spiro atoms. The normalized spacial score (nSPS) is 13.7. The smallest absolute Gasteiger partial charge is 0.222 e. The Hall–Kier alpha value is -1.16. The molecule has 3 N–H and O–H groups in total. The largest absolute Gasteiger partial charge is 0.351 e. The third-order valence-electron chi connectivity index (χ3n) is 2.25. The van der Waals surface area contributed by atoms with Crippen molar-refractivity contribution < 1.29 is 0 Å². The first-order valence-corrected chi connectivity index (χ1v) is 5.22. The quantitative estimate of drug-likeness (QED) is 0.790. The van der Waals surface area contributed by atoms with Crippen molar-refractivity contribution in [2.45, 2.75) is 39.2 Å². The summed E-state index contributed by atoms with van der Waals surface area (Å²) in [5.74, 6) is 0.640. The monoisotopic (exact) mass is 208 g/mol. The Kier molecular flexibility index (Phi) is 3.63. The van der Waals surface area contributed by atoms with Crippen LogP contribution in [0.2, 0.25) is 0 Å². The maximum atomic E-state index is 5.50. The van der Waals surface area contributed by atoms with Crippen LogP contribution >= 0.6 is 0 Å². The Morgan fingerprint density at radius 1 is 1.33 bits per heavy atom. The van der Waals surface area contributed by atoms with Crippen LogP contribution in [0.4, 0.5) is 5.95 Å². The third kappa shape index (κ3) is 3.47. The fourth-order valence-corrected chi connectivity index (χ4v) is 1.07. The molecule has 15 heavy (non-hydrogen) atoms. The van der Waals surface area contributed by atoms with Gasteiger partial charge in [-0.3, -0.25) is 0 Å². The van der Waals surface area contributed by atoms with Gasteiger partial charge in [0.25, 0.3) is 0 Å². The molecule has 0 saturated heterocycles. The number of rotatable bonds is 3. The van der Waals surface area contributed by atoms with Gasteiger partial charge < -0.3 is 11.1 Å². The van der Waals surface area contributed by atoms with Crippen molar-refractivity contribution in [2.75, 3.05) is 11.9 Å². The molecule has 0 aliphatic heterocycles. The molecular formula is C11H20N4. The molecule has 4 nitrogen and oxygen atoms in total. The van der Waals surface area contributed by atoms with Gasteiger partial charge >= 0.3 is 0 Å². The van der Waals surface area contributed by atoms with Gasteiger partial charge in [0.05, 0.1) is 0 Å². The van der Waals surface area contributed by atoms with Crippen LogP contribution in [-0.4, -0.2) is 22.6 Å². The van der Waals surface area contributed by atoms with Gasteiger partial charge in [0.15, 0.2) is 0 Å². The Labute approximate surface area is 91.3 Å². The zero-order valence-electron chi connectivity index (χ0n) is 9.91. The van der Waals surface area contributed by atoms with Gasteiger partial charge in [-0.05, 0) is 17.9 Å². The first-order chi connectivity index (χ1) is 6.93. The van der Waals surface area contributed by atoms with Crippen molar-refractivity contribution in [2.24, 2.45) is 5.73 Å². The summed E-state index contributed by atoms with van der Waals surface area (Å²) < 4.78 is 0. The summed E-state index contributed by atoms with van der Waals surface area (Å²) in [6.07, 6.45) is 3.72. The van der Waals surface area contributed by atoms with E-state index in [0.717, 1.165) is 5.56 Å². The van der Waals surface area contributed by atoms with E-state index in [-0.39, 0.29) is 11.5 Å². The zero-order valence-corrected chi connectivity index (χ0v) is 9.91. The lowest BCUT2D eigenvalue weighted by molar-refractivity contribution is 0.584. The van der Waals surface area contributed by atoms with Crippen LogP contribution in [0.5, 0.6) is 0 Å². The van der Waals surface area contributed by atoms with Gasteiger partial charge in [-0.25, -0.2) is 9.97 Å². The molecule has 0 radical (unpaired) electrons. The summed E-state index contributed by atoms with van der Waals surface area (Å²) in [5, 5.41) is 3.12. The van der Waals surface area contributed by atoms with Gasteiger partial charge in [-0.2, -0.15) is 0 Å².